The van der Waals surface area contributed by atoms with Crippen LogP contribution in [0.1, 0.15) is 12.8 Å². The van der Waals surface area contributed by atoms with E-state index in [1.54, 1.807) is 0 Å². The molecule has 2 heterocycles. The second kappa shape index (κ2) is 4.18. The third-order valence-electron chi connectivity index (χ3n) is 2.38. The molecule has 1 saturated heterocycles. The molecule has 1 unspecified atom stereocenters. The molecule has 1 fully saturated rings. The van der Waals surface area contributed by atoms with Gasteiger partial charge in [0.2, 0.25) is 5.13 Å². The molecule has 5 nitrogen and oxygen atoms in total. The number of nitrogens with one attached hydrogen (secondary N) is 2. The van der Waals surface area contributed by atoms with Crippen LogP contribution in [0.4, 0.5) is 5.13 Å². The zero-order valence-corrected chi connectivity index (χ0v) is 10.3. The van der Waals surface area contributed by atoms with Crippen LogP contribution in [-0.2, 0) is 9.84 Å². The Balaban J connectivity index is 1.97. The standard InChI is InChI=1S/C7H11N3O2S3/c11-15(12)3-1-2-5(15)4-8-6-9-10-7(13)14-6/h5H,1-4H2,(H,8,9)(H,10,13). The molecule has 1 aromatic heterocycles. The highest BCUT2D eigenvalue weighted by Crippen LogP contribution is 2.21. The van der Waals surface area contributed by atoms with E-state index in [-0.39, 0.29) is 5.25 Å². The van der Waals surface area contributed by atoms with E-state index >= 15 is 0 Å². The molecule has 15 heavy (non-hydrogen) atoms. The van der Waals surface area contributed by atoms with Crippen molar-refractivity contribution in [1.29, 1.82) is 0 Å². The molecule has 84 valence electrons. The predicted octanol–water partition coefficient (Wildman–Crippen LogP) is 1.19. The minimum Gasteiger partial charge on any atom is -0.359 e. The SMILES string of the molecule is O=S1(=O)CCCC1CNc1n[nH]c(=S)s1. The van der Waals surface area contributed by atoms with Crippen molar-refractivity contribution in [3.05, 3.63) is 3.95 Å². The first-order valence-electron chi connectivity index (χ1n) is 4.59. The molecule has 0 saturated carbocycles. The molecule has 2 N–H and O–H groups in total. The summed E-state index contributed by atoms with van der Waals surface area (Å²) >= 11 is 6.18. The Morgan fingerprint density at radius 3 is 3.00 bits per heavy atom. The molecule has 0 radical (unpaired) electrons. The van der Waals surface area contributed by atoms with Gasteiger partial charge in [-0.2, -0.15) is 0 Å². The van der Waals surface area contributed by atoms with Crippen LogP contribution in [-0.4, -0.2) is 36.2 Å². The van der Waals surface area contributed by atoms with Gasteiger partial charge in [-0.3, -0.25) is 5.10 Å². The van der Waals surface area contributed by atoms with Crippen molar-refractivity contribution in [1.82, 2.24) is 10.2 Å². The van der Waals surface area contributed by atoms with Crippen molar-refractivity contribution in [3.8, 4) is 0 Å². The monoisotopic (exact) mass is 265 g/mol. The molecule has 0 amide bonds. The van der Waals surface area contributed by atoms with E-state index in [4.69, 9.17) is 12.2 Å². The van der Waals surface area contributed by atoms with Crippen molar-refractivity contribution >= 4 is 38.5 Å². The first-order chi connectivity index (χ1) is 7.08. The van der Waals surface area contributed by atoms with Crippen LogP contribution >= 0.6 is 23.6 Å². The Labute approximate surface area is 96.8 Å². The highest BCUT2D eigenvalue weighted by atomic mass is 32.2. The first-order valence-corrected chi connectivity index (χ1v) is 7.53. The number of anilines is 1. The van der Waals surface area contributed by atoms with Gasteiger partial charge in [0, 0.05) is 6.54 Å². The zero-order valence-electron chi connectivity index (χ0n) is 7.89. The third kappa shape index (κ3) is 2.56. The fourth-order valence-electron chi connectivity index (χ4n) is 1.59. The maximum absolute atomic E-state index is 11.5. The number of hydrogen-bond acceptors (Lipinski definition) is 6. The lowest BCUT2D eigenvalue weighted by atomic mass is 10.2. The van der Waals surface area contributed by atoms with Crippen LogP contribution in [0.25, 0.3) is 0 Å². The van der Waals surface area contributed by atoms with Gasteiger partial charge in [0.25, 0.3) is 0 Å². The Morgan fingerprint density at radius 2 is 2.47 bits per heavy atom. The molecule has 2 rings (SSSR count). The maximum Gasteiger partial charge on any atom is 0.204 e. The van der Waals surface area contributed by atoms with Crippen molar-refractivity contribution in [2.24, 2.45) is 0 Å². The summed E-state index contributed by atoms with van der Waals surface area (Å²) in [4.78, 5) is 0. The van der Waals surface area contributed by atoms with Gasteiger partial charge in [-0.1, -0.05) is 11.3 Å². The Kier molecular flexibility index (Phi) is 3.08. The summed E-state index contributed by atoms with van der Waals surface area (Å²) in [6.45, 7) is 0.429. The summed E-state index contributed by atoms with van der Waals surface area (Å²) in [5.41, 5.74) is 0. The molecular weight excluding hydrogens is 254 g/mol. The number of rotatable bonds is 3. The van der Waals surface area contributed by atoms with E-state index < -0.39 is 9.84 Å². The number of nitrogens with zero attached hydrogens (tertiary/aromatic N) is 1. The summed E-state index contributed by atoms with van der Waals surface area (Å²) in [6, 6.07) is 0. The Hall–Kier alpha value is -0.470. The van der Waals surface area contributed by atoms with Gasteiger partial charge in [-0.05, 0) is 25.1 Å². The average molecular weight is 265 g/mol. The number of sulfone groups is 1. The van der Waals surface area contributed by atoms with E-state index in [0.29, 0.717) is 21.4 Å². The fraction of sp³-hybridized carbons (Fsp3) is 0.714. The lowest BCUT2D eigenvalue weighted by molar-refractivity contribution is 0.591. The van der Waals surface area contributed by atoms with Gasteiger partial charge in [-0.15, -0.1) is 5.10 Å². The summed E-state index contributed by atoms with van der Waals surface area (Å²) in [5.74, 6) is 0.315. The van der Waals surface area contributed by atoms with Crippen LogP contribution in [0.5, 0.6) is 0 Å². The van der Waals surface area contributed by atoms with Crippen LogP contribution < -0.4 is 5.32 Å². The zero-order chi connectivity index (χ0) is 10.9. The Morgan fingerprint density at radius 1 is 1.67 bits per heavy atom. The van der Waals surface area contributed by atoms with E-state index in [1.807, 2.05) is 0 Å². The first kappa shape index (κ1) is 11.0. The third-order valence-corrected chi connectivity index (χ3v) is 5.70. The fourth-order valence-corrected chi connectivity index (χ4v) is 4.16. The smallest absolute Gasteiger partial charge is 0.204 e. The largest absolute Gasteiger partial charge is 0.359 e. The molecule has 1 aromatic rings. The number of hydrogen-bond donors (Lipinski definition) is 2. The van der Waals surface area contributed by atoms with Gasteiger partial charge in [-0.25, -0.2) is 8.42 Å². The summed E-state index contributed by atoms with van der Waals surface area (Å²) in [7, 11) is -2.87. The van der Waals surface area contributed by atoms with E-state index in [9.17, 15) is 8.42 Å². The number of aromatic amines is 1. The lowest BCUT2D eigenvalue weighted by Gasteiger charge is -2.08. The van der Waals surface area contributed by atoms with Crippen molar-refractivity contribution in [2.45, 2.75) is 18.1 Å². The van der Waals surface area contributed by atoms with E-state index in [2.05, 4.69) is 15.5 Å². The predicted molar refractivity (Wildman–Crippen MR) is 62.6 cm³/mol. The summed E-state index contributed by atoms with van der Waals surface area (Å²) in [5, 5.41) is 9.92. The van der Waals surface area contributed by atoms with Crippen LogP contribution in [0.2, 0.25) is 0 Å². The second-order valence-electron chi connectivity index (χ2n) is 3.43. The lowest BCUT2D eigenvalue weighted by Crippen LogP contribution is -2.24. The summed E-state index contributed by atoms with van der Waals surface area (Å²) in [6.07, 6.45) is 1.51. The minimum atomic E-state index is -2.87. The molecule has 0 aromatic carbocycles. The maximum atomic E-state index is 11.5. The van der Waals surface area contributed by atoms with Crippen molar-refractivity contribution in [2.75, 3.05) is 17.6 Å². The van der Waals surface area contributed by atoms with Gasteiger partial charge in [0.05, 0.1) is 11.0 Å². The summed E-state index contributed by atoms with van der Waals surface area (Å²) < 4.78 is 23.6. The topological polar surface area (TPSA) is 74.8 Å². The highest BCUT2D eigenvalue weighted by Gasteiger charge is 2.30. The van der Waals surface area contributed by atoms with Crippen molar-refractivity contribution < 1.29 is 8.42 Å². The van der Waals surface area contributed by atoms with E-state index in [0.717, 1.165) is 12.8 Å². The van der Waals surface area contributed by atoms with E-state index in [1.165, 1.54) is 11.3 Å². The molecule has 1 atom stereocenters. The molecule has 0 bridgehead atoms. The Bertz CT molecular complexity index is 490. The van der Waals surface area contributed by atoms with Gasteiger partial charge in [0.1, 0.15) is 0 Å². The van der Waals surface area contributed by atoms with Crippen molar-refractivity contribution in [3.63, 3.8) is 0 Å². The number of H-pyrrole nitrogens is 1. The molecular formula is C7H11N3O2S3. The molecule has 1 aliphatic heterocycles. The van der Waals surface area contributed by atoms with Crippen LogP contribution in [0.3, 0.4) is 0 Å². The second-order valence-corrected chi connectivity index (χ2v) is 7.50. The quantitative estimate of drug-likeness (QED) is 0.803. The molecule has 0 aliphatic carbocycles. The highest BCUT2D eigenvalue weighted by molar-refractivity contribution is 7.92. The van der Waals surface area contributed by atoms with Gasteiger partial charge >= 0.3 is 0 Å². The van der Waals surface area contributed by atoms with Crippen LogP contribution in [0, 0.1) is 3.95 Å². The minimum absolute atomic E-state index is 0.269. The number of aromatic nitrogens is 2. The molecule has 0 spiro atoms. The molecule has 1 aliphatic rings. The average Bonchev–Trinajstić information content (AvgIpc) is 2.69. The molecule has 8 heteroatoms. The normalized spacial score (nSPS) is 24.1. The van der Waals surface area contributed by atoms with Gasteiger partial charge < -0.3 is 5.32 Å². The van der Waals surface area contributed by atoms with Gasteiger partial charge in [0.15, 0.2) is 13.8 Å². The van der Waals surface area contributed by atoms with Crippen LogP contribution in [0.15, 0.2) is 0 Å².